The zero-order chi connectivity index (χ0) is 14.9. The third-order valence-corrected chi connectivity index (χ3v) is 5.58. The molecule has 0 bridgehead atoms. The fourth-order valence-corrected chi connectivity index (χ4v) is 4.11. The molecule has 1 saturated heterocycles. The summed E-state index contributed by atoms with van der Waals surface area (Å²) in [5, 5.41) is 4.57. The van der Waals surface area contributed by atoms with Crippen molar-refractivity contribution in [3.63, 3.8) is 0 Å². The number of H-pyrrole nitrogens is 1. The van der Waals surface area contributed by atoms with Crippen LogP contribution in [0.15, 0.2) is 23.0 Å². The summed E-state index contributed by atoms with van der Waals surface area (Å²) in [4.78, 5) is 19.3. The largest absolute Gasteiger partial charge is 0.309 e. The molecule has 1 aromatic heterocycles. The van der Waals surface area contributed by atoms with Crippen LogP contribution in [0.1, 0.15) is 25.6 Å². The van der Waals surface area contributed by atoms with Crippen LogP contribution in [-0.4, -0.2) is 27.0 Å². The number of nitrogens with one attached hydrogen (secondary N) is 2. The highest BCUT2D eigenvalue weighted by atomic mass is 35.5. The quantitative estimate of drug-likeness (QED) is 0.908. The summed E-state index contributed by atoms with van der Waals surface area (Å²) in [5.41, 5.74) is 0.527. The van der Waals surface area contributed by atoms with Crippen LogP contribution in [0.3, 0.4) is 0 Å². The maximum absolute atomic E-state index is 12.0. The molecule has 1 atom stereocenters. The Balaban J connectivity index is 1.73. The molecule has 2 aromatic rings. The van der Waals surface area contributed by atoms with Gasteiger partial charge in [-0.25, -0.2) is 4.98 Å². The average molecular weight is 324 g/mol. The van der Waals surface area contributed by atoms with Crippen LogP contribution in [0.5, 0.6) is 0 Å². The Morgan fingerprint density at radius 1 is 1.52 bits per heavy atom. The Labute approximate surface area is 132 Å². The number of halogens is 1. The van der Waals surface area contributed by atoms with Crippen LogP contribution in [0.2, 0.25) is 5.02 Å². The van der Waals surface area contributed by atoms with E-state index in [4.69, 9.17) is 11.6 Å². The monoisotopic (exact) mass is 323 g/mol. The number of aromatic amines is 1. The lowest BCUT2D eigenvalue weighted by atomic mass is 10.1. The number of thioether (sulfide) groups is 1. The first-order chi connectivity index (χ1) is 10.1. The number of nitrogens with zero attached hydrogens (tertiary/aromatic N) is 1. The van der Waals surface area contributed by atoms with E-state index >= 15 is 0 Å². The molecule has 112 valence electrons. The van der Waals surface area contributed by atoms with E-state index in [1.165, 1.54) is 18.6 Å². The van der Waals surface area contributed by atoms with Gasteiger partial charge in [-0.05, 0) is 43.7 Å². The number of hydrogen-bond donors (Lipinski definition) is 2. The van der Waals surface area contributed by atoms with Gasteiger partial charge in [-0.1, -0.05) is 11.6 Å². The molecule has 4 nitrogen and oxygen atoms in total. The third-order valence-electron chi connectivity index (χ3n) is 3.81. The molecule has 1 aliphatic rings. The van der Waals surface area contributed by atoms with E-state index in [0.29, 0.717) is 33.0 Å². The number of rotatable bonds is 4. The van der Waals surface area contributed by atoms with Crippen LogP contribution < -0.4 is 10.9 Å². The van der Waals surface area contributed by atoms with Crippen molar-refractivity contribution in [3.05, 3.63) is 39.4 Å². The predicted molar refractivity (Wildman–Crippen MR) is 89.2 cm³/mol. The van der Waals surface area contributed by atoms with Crippen molar-refractivity contribution >= 4 is 34.3 Å². The van der Waals surface area contributed by atoms with Gasteiger partial charge in [0.05, 0.1) is 17.4 Å². The fraction of sp³-hybridized carbons (Fsp3) is 0.467. The summed E-state index contributed by atoms with van der Waals surface area (Å²) in [7, 11) is 0. The molecular formula is C15H18ClN3OS. The molecule has 0 amide bonds. The molecule has 1 aliphatic heterocycles. The molecule has 1 aromatic carbocycles. The summed E-state index contributed by atoms with van der Waals surface area (Å²) in [5.74, 6) is 1.89. The van der Waals surface area contributed by atoms with Crippen molar-refractivity contribution in [3.8, 4) is 0 Å². The molecule has 2 heterocycles. The van der Waals surface area contributed by atoms with Crippen molar-refractivity contribution in [2.24, 2.45) is 0 Å². The minimum Gasteiger partial charge on any atom is -0.309 e. The molecule has 0 spiro atoms. The van der Waals surface area contributed by atoms with Gasteiger partial charge in [0.1, 0.15) is 5.82 Å². The van der Waals surface area contributed by atoms with Crippen LogP contribution >= 0.6 is 23.4 Å². The molecule has 0 radical (unpaired) electrons. The molecule has 6 heteroatoms. The van der Waals surface area contributed by atoms with Gasteiger partial charge in [0.2, 0.25) is 0 Å². The SMILES string of the molecule is CC1(CNCc2nc3cc(Cl)ccc3c(=O)[nH]2)CCCS1. The highest BCUT2D eigenvalue weighted by Crippen LogP contribution is 2.36. The highest BCUT2D eigenvalue weighted by Gasteiger charge is 2.28. The summed E-state index contributed by atoms with van der Waals surface area (Å²) < 4.78 is 0.306. The zero-order valence-electron chi connectivity index (χ0n) is 11.9. The van der Waals surface area contributed by atoms with Crippen LogP contribution in [0.4, 0.5) is 0 Å². The van der Waals surface area contributed by atoms with E-state index in [9.17, 15) is 4.79 Å². The predicted octanol–water partition coefficient (Wildman–Crippen LogP) is 2.95. The first-order valence-electron chi connectivity index (χ1n) is 7.09. The van der Waals surface area contributed by atoms with E-state index in [-0.39, 0.29) is 5.56 Å². The molecular weight excluding hydrogens is 306 g/mol. The smallest absolute Gasteiger partial charge is 0.258 e. The molecule has 1 fully saturated rings. The number of hydrogen-bond acceptors (Lipinski definition) is 4. The van der Waals surface area contributed by atoms with Gasteiger partial charge in [-0.2, -0.15) is 11.8 Å². The first kappa shape index (κ1) is 14.9. The molecule has 2 N–H and O–H groups in total. The summed E-state index contributed by atoms with van der Waals surface area (Å²) in [6.45, 7) is 3.77. The Bertz CT molecular complexity index is 710. The van der Waals surface area contributed by atoms with E-state index < -0.39 is 0 Å². The van der Waals surface area contributed by atoms with Crippen molar-refractivity contribution in [1.82, 2.24) is 15.3 Å². The van der Waals surface area contributed by atoms with Gasteiger partial charge in [-0.3, -0.25) is 4.79 Å². The minimum absolute atomic E-state index is 0.116. The van der Waals surface area contributed by atoms with Gasteiger partial charge in [0.25, 0.3) is 5.56 Å². The second-order valence-corrected chi connectivity index (χ2v) is 7.80. The Morgan fingerprint density at radius 3 is 3.14 bits per heavy atom. The molecule has 3 rings (SSSR count). The van der Waals surface area contributed by atoms with E-state index in [1.807, 2.05) is 11.8 Å². The second-order valence-electron chi connectivity index (χ2n) is 5.68. The van der Waals surface area contributed by atoms with Gasteiger partial charge in [0, 0.05) is 16.3 Å². The lowest BCUT2D eigenvalue weighted by Gasteiger charge is -2.22. The van der Waals surface area contributed by atoms with Crippen molar-refractivity contribution in [1.29, 1.82) is 0 Å². The van der Waals surface area contributed by atoms with E-state index in [0.717, 1.165) is 6.54 Å². The topological polar surface area (TPSA) is 57.8 Å². The molecule has 0 aliphatic carbocycles. The molecule has 21 heavy (non-hydrogen) atoms. The first-order valence-corrected chi connectivity index (χ1v) is 8.45. The highest BCUT2D eigenvalue weighted by molar-refractivity contribution is 8.00. The molecule has 1 unspecified atom stereocenters. The van der Waals surface area contributed by atoms with Crippen molar-refractivity contribution in [2.75, 3.05) is 12.3 Å². The standard InChI is InChI=1S/C15H18ClN3OS/c1-15(5-2-6-21-15)9-17-8-13-18-12-7-10(16)3-4-11(12)14(20)19-13/h3-4,7,17H,2,5-6,8-9H2,1H3,(H,18,19,20). The maximum Gasteiger partial charge on any atom is 0.258 e. The normalized spacial score (nSPS) is 22.0. The summed E-state index contributed by atoms with van der Waals surface area (Å²) in [6, 6.07) is 5.14. The Morgan fingerprint density at radius 2 is 2.38 bits per heavy atom. The second kappa shape index (κ2) is 5.99. The Hall–Kier alpha value is -1.04. The number of benzene rings is 1. The average Bonchev–Trinajstić information content (AvgIpc) is 2.85. The maximum atomic E-state index is 12.0. The van der Waals surface area contributed by atoms with Crippen LogP contribution in [-0.2, 0) is 6.54 Å². The van der Waals surface area contributed by atoms with Crippen LogP contribution in [0, 0.1) is 0 Å². The number of aromatic nitrogens is 2. The zero-order valence-corrected chi connectivity index (χ0v) is 13.5. The summed E-state index contributed by atoms with van der Waals surface area (Å²) in [6.07, 6.45) is 2.52. The van der Waals surface area contributed by atoms with Crippen molar-refractivity contribution in [2.45, 2.75) is 31.1 Å². The molecule has 0 saturated carbocycles. The number of fused-ring (bicyclic) bond motifs is 1. The minimum atomic E-state index is -0.116. The van der Waals surface area contributed by atoms with Gasteiger partial charge >= 0.3 is 0 Å². The van der Waals surface area contributed by atoms with Crippen LogP contribution in [0.25, 0.3) is 10.9 Å². The fourth-order valence-electron chi connectivity index (χ4n) is 2.67. The van der Waals surface area contributed by atoms with Gasteiger partial charge < -0.3 is 10.3 Å². The Kier molecular flexibility index (Phi) is 4.24. The third kappa shape index (κ3) is 3.42. The summed E-state index contributed by atoms with van der Waals surface area (Å²) >= 11 is 7.98. The van der Waals surface area contributed by atoms with E-state index in [2.05, 4.69) is 22.2 Å². The van der Waals surface area contributed by atoms with Gasteiger partial charge in [0.15, 0.2) is 0 Å². The van der Waals surface area contributed by atoms with E-state index in [1.54, 1.807) is 18.2 Å². The lowest BCUT2D eigenvalue weighted by molar-refractivity contribution is 0.530. The lowest BCUT2D eigenvalue weighted by Crippen LogP contribution is -2.33. The van der Waals surface area contributed by atoms with Gasteiger partial charge in [-0.15, -0.1) is 0 Å². The van der Waals surface area contributed by atoms with Crippen molar-refractivity contribution < 1.29 is 0 Å².